The molecule has 0 heterocycles. The molecule has 2 bridgehead atoms. The third-order valence-electron chi connectivity index (χ3n) is 7.61. The van der Waals surface area contributed by atoms with Gasteiger partial charge in [-0.25, -0.2) is 0 Å². The van der Waals surface area contributed by atoms with Crippen LogP contribution in [0.3, 0.4) is 0 Å². The van der Waals surface area contributed by atoms with E-state index in [4.69, 9.17) is 4.74 Å². The topological polar surface area (TPSA) is 29.5 Å². The standard InChI is InChI=1S/C18H32O2/c1-5-20-16-10-12(6-7-15(16)19)14-11-13-8-9-18(14,4)17(13,2)3/h12-16,19H,5-11H2,1-4H3/t12?,13-,14+,15?,16?,18+/m1/s1. The van der Waals surface area contributed by atoms with E-state index in [1.807, 2.05) is 6.92 Å². The summed E-state index contributed by atoms with van der Waals surface area (Å²) in [6.07, 6.45) is 7.34. The third kappa shape index (κ3) is 1.98. The highest BCUT2D eigenvalue weighted by Gasteiger charge is 2.62. The van der Waals surface area contributed by atoms with Gasteiger partial charge < -0.3 is 9.84 Å². The fourth-order valence-electron chi connectivity index (χ4n) is 5.88. The minimum absolute atomic E-state index is 0.0876. The van der Waals surface area contributed by atoms with Crippen LogP contribution in [0.4, 0.5) is 0 Å². The van der Waals surface area contributed by atoms with Crippen LogP contribution in [-0.2, 0) is 4.74 Å². The molecule has 0 aromatic rings. The Morgan fingerprint density at radius 2 is 1.85 bits per heavy atom. The summed E-state index contributed by atoms with van der Waals surface area (Å²) in [4.78, 5) is 0. The Kier molecular flexibility index (Phi) is 3.70. The van der Waals surface area contributed by atoms with Crippen LogP contribution in [0.2, 0.25) is 0 Å². The second kappa shape index (κ2) is 4.98. The highest BCUT2D eigenvalue weighted by Crippen LogP contribution is 2.70. The lowest BCUT2D eigenvalue weighted by Gasteiger charge is -2.45. The Hall–Kier alpha value is -0.0800. The van der Waals surface area contributed by atoms with Gasteiger partial charge in [0.05, 0.1) is 12.2 Å². The normalized spacial score (nSPS) is 50.5. The minimum Gasteiger partial charge on any atom is -0.390 e. The summed E-state index contributed by atoms with van der Waals surface area (Å²) in [5.74, 6) is 2.55. The van der Waals surface area contributed by atoms with E-state index in [2.05, 4.69) is 20.8 Å². The molecule has 0 aliphatic heterocycles. The van der Waals surface area contributed by atoms with Crippen LogP contribution in [0.5, 0.6) is 0 Å². The smallest absolute Gasteiger partial charge is 0.0836 e. The molecular weight excluding hydrogens is 248 g/mol. The van der Waals surface area contributed by atoms with Crippen molar-refractivity contribution < 1.29 is 9.84 Å². The predicted molar refractivity (Wildman–Crippen MR) is 81.5 cm³/mol. The molecule has 6 atom stereocenters. The third-order valence-corrected chi connectivity index (χ3v) is 7.61. The van der Waals surface area contributed by atoms with Crippen molar-refractivity contribution in [2.24, 2.45) is 28.6 Å². The molecular formula is C18H32O2. The first-order valence-electron chi connectivity index (χ1n) is 8.69. The van der Waals surface area contributed by atoms with Gasteiger partial charge in [-0.2, -0.15) is 0 Å². The SMILES string of the molecule is CCOC1CC([C@@H]2C[C@H]3CC[C@]2(C)C3(C)C)CCC1O. The maximum atomic E-state index is 10.1. The Morgan fingerprint density at radius 1 is 1.10 bits per heavy atom. The molecule has 3 fully saturated rings. The van der Waals surface area contributed by atoms with Gasteiger partial charge in [-0.05, 0) is 74.0 Å². The lowest BCUT2D eigenvalue weighted by molar-refractivity contribution is -0.0847. The molecule has 0 aromatic carbocycles. The van der Waals surface area contributed by atoms with E-state index in [0.717, 1.165) is 37.2 Å². The maximum Gasteiger partial charge on any atom is 0.0836 e. The van der Waals surface area contributed by atoms with E-state index in [9.17, 15) is 5.11 Å². The van der Waals surface area contributed by atoms with Gasteiger partial charge in [0.25, 0.3) is 0 Å². The van der Waals surface area contributed by atoms with Crippen LogP contribution >= 0.6 is 0 Å². The van der Waals surface area contributed by atoms with Gasteiger partial charge in [0.2, 0.25) is 0 Å². The number of hydrogen-bond donors (Lipinski definition) is 1. The van der Waals surface area contributed by atoms with Crippen LogP contribution in [0.25, 0.3) is 0 Å². The molecule has 0 amide bonds. The van der Waals surface area contributed by atoms with Gasteiger partial charge in [-0.1, -0.05) is 20.8 Å². The van der Waals surface area contributed by atoms with Gasteiger partial charge >= 0.3 is 0 Å². The highest BCUT2D eigenvalue weighted by atomic mass is 16.5. The van der Waals surface area contributed by atoms with Crippen molar-refractivity contribution >= 4 is 0 Å². The molecule has 2 nitrogen and oxygen atoms in total. The van der Waals surface area contributed by atoms with Gasteiger partial charge in [-0.3, -0.25) is 0 Å². The monoisotopic (exact) mass is 280 g/mol. The van der Waals surface area contributed by atoms with E-state index in [0.29, 0.717) is 10.8 Å². The molecule has 1 N–H and O–H groups in total. The van der Waals surface area contributed by atoms with Crippen LogP contribution in [-0.4, -0.2) is 23.9 Å². The molecule has 0 radical (unpaired) electrons. The second-order valence-corrected chi connectivity index (χ2v) is 8.35. The molecule has 3 saturated carbocycles. The number of rotatable bonds is 3. The maximum absolute atomic E-state index is 10.1. The fraction of sp³-hybridized carbons (Fsp3) is 1.00. The van der Waals surface area contributed by atoms with Crippen LogP contribution in [0.1, 0.15) is 66.2 Å². The first-order valence-corrected chi connectivity index (χ1v) is 8.69. The summed E-state index contributed by atoms with van der Waals surface area (Å²) >= 11 is 0. The summed E-state index contributed by atoms with van der Waals surface area (Å²) < 4.78 is 5.80. The summed E-state index contributed by atoms with van der Waals surface area (Å²) in [6, 6.07) is 0. The zero-order valence-corrected chi connectivity index (χ0v) is 13.7. The second-order valence-electron chi connectivity index (χ2n) is 8.35. The molecule has 0 saturated heterocycles. The zero-order chi connectivity index (χ0) is 14.5. The summed E-state index contributed by atoms with van der Waals surface area (Å²) in [5.41, 5.74) is 1.02. The van der Waals surface area contributed by atoms with Gasteiger partial charge in [0.15, 0.2) is 0 Å². The molecule has 2 heteroatoms. The average Bonchev–Trinajstić information content (AvgIpc) is 2.74. The Morgan fingerprint density at radius 3 is 2.40 bits per heavy atom. The fourth-order valence-corrected chi connectivity index (χ4v) is 5.88. The predicted octanol–water partition coefficient (Wildman–Crippen LogP) is 4.01. The number of fused-ring (bicyclic) bond motifs is 2. The van der Waals surface area contributed by atoms with E-state index in [-0.39, 0.29) is 12.2 Å². The summed E-state index contributed by atoms with van der Waals surface area (Å²) in [7, 11) is 0. The van der Waals surface area contributed by atoms with Crippen molar-refractivity contribution in [3.8, 4) is 0 Å². The minimum atomic E-state index is -0.231. The van der Waals surface area contributed by atoms with E-state index in [1.165, 1.54) is 25.7 Å². The van der Waals surface area contributed by atoms with Gasteiger partial charge in [-0.15, -0.1) is 0 Å². The van der Waals surface area contributed by atoms with E-state index >= 15 is 0 Å². The Balaban J connectivity index is 1.75. The molecule has 3 aliphatic carbocycles. The van der Waals surface area contributed by atoms with Crippen molar-refractivity contribution in [1.29, 1.82) is 0 Å². The number of aliphatic hydroxyl groups is 1. The highest BCUT2D eigenvalue weighted by molar-refractivity contribution is 5.11. The van der Waals surface area contributed by atoms with Crippen LogP contribution in [0.15, 0.2) is 0 Å². The van der Waals surface area contributed by atoms with E-state index in [1.54, 1.807) is 0 Å². The molecule has 3 unspecified atom stereocenters. The average molecular weight is 280 g/mol. The van der Waals surface area contributed by atoms with Crippen LogP contribution < -0.4 is 0 Å². The van der Waals surface area contributed by atoms with Gasteiger partial charge in [0, 0.05) is 6.61 Å². The molecule has 116 valence electrons. The van der Waals surface area contributed by atoms with Crippen LogP contribution in [0, 0.1) is 28.6 Å². The first-order chi connectivity index (χ1) is 9.40. The quantitative estimate of drug-likeness (QED) is 0.846. The Bertz CT molecular complexity index is 364. The van der Waals surface area contributed by atoms with Gasteiger partial charge in [0.1, 0.15) is 0 Å². The molecule has 3 rings (SSSR count). The molecule has 3 aliphatic rings. The summed E-state index contributed by atoms with van der Waals surface area (Å²) in [5, 5.41) is 10.1. The lowest BCUT2D eigenvalue weighted by Crippen LogP contribution is -2.42. The largest absolute Gasteiger partial charge is 0.390 e. The number of ether oxygens (including phenoxy) is 1. The van der Waals surface area contributed by atoms with Crippen molar-refractivity contribution in [3.05, 3.63) is 0 Å². The Labute approximate surface area is 124 Å². The number of aliphatic hydroxyl groups excluding tert-OH is 1. The number of hydrogen-bond acceptors (Lipinski definition) is 2. The lowest BCUT2D eigenvalue weighted by atomic mass is 9.61. The zero-order valence-electron chi connectivity index (χ0n) is 13.7. The molecule has 0 aromatic heterocycles. The molecule has 0 spiro atoms. The van der Waals surface area contributed by atoms with Crippen molar-refractivity contribution in [2.45, 2.75) is 78.4 Å². The summed E-state index contributed by atoms with van der Waals surface area (Å²) in [6.45, 7) is 10.3. The first kappa shape index (κ1) is 14.8. The van der Waals surface area contributed by atoms with Crippen molar-refractivity contribution in [3.63, 3.8) is 0 Å². The van der Waals surface area contributed by atoms with Crippen molar-refractivity contribution in [1.82, 2.24) is 0 Å². The van der Waals surface area contributed by atoms with E-state index < -0.39 is 0 Å². The molecule has 20 heavy (non-hydrogen) atoms. The van der Waals surface area contributed by atoms with Crippen molar-refractivity contribution in [2.75, 3.05) is 6.61 Å².